The molecule has 1 aliphatic rings. The number of benzene rings is 3. The largest absolute Gasteiger partial charge is 0.507 e. The van der Waals surface area contributed by atoms with Gasteiger partial charge in [0.15, 0.2) is 0 Å². The van der Waals surface area contributed by atoms with Gasteiger partial charge in [0.2, 0.25) is 0 Å². The summed E-state index contributed by atoms with van der Waals surface area (Å²) < 4.78 is 5.55. The average Bonchev–Trinajstić information content (AvgIpc) is 3.13. The van der Waals surface area contributed by atoms with Gasteiger partial charge in [-0.1, -0.05) is 69.3 Å². The number of aliphatic hydroxyl groups excluding tert-OH is 1. The summed E-state index contributed by atoms with van der Waals surface area (Å²) in [5.41, 5.74) is 2.83. The summed E-state index contributed by atoms with van der Waals surface area (Å²) in [5.74, 6) is -2.31. The number of rotatable bonds is 7. The van der Waals surface area contributed by atoms with Crippen molar-refractivity contribution in [3.63, 3.8) is 0 Å². The lowest BCUT2D eigenvalue weighted by molar-refractivity contribution is -0.140. The molecule has 0 radical (unpaired) electrons. The maximum Gasteiger partial charge on any atom is 0.335 e. The van der Waals surface area contributed by atoms with Crippen LogP contribution in [0, 0.1) is 0 Å². The first-order valence-electron chi connectivity index (χ1n) is 12.5. The van der Waals surface area contributed by atoms with Crippen molar-refractivity contribution in [2.24, 2.45) is 0 Å². The van der Waals surface area contributed by atoms with Gasteiger partial charge in [-0.05, 0) is 53.3 Å². The Bertz CT molecular complexity index is 1400. The van der Waals surface area contributed by atoms with Crippen molar-refractivity contribution in [2.45, 2.75) is 45.7 Å². The highest BCUT2D eigenvalue weighted by molar-refractivity contribution is 6.46. The van der Waals surface area contributed by atoms with Crippen LogP contribution in [0.3, 0.4) is 0 Å². The lowest BCUT2D eigenvalue weighted by Crippen LogP contribution is -2.29. The van der Waals surface area contributed by atoms with E-state index in [1.807, 2.05) is 31.2 Å². The highest BCUT2D eigenvalue weighted by Crippen LogP contribution is 2.41. The van der Waals surface area contributed by atoms with Crippen LogP contribution in [0.1, 0.15) is 66.3 Å². The number of likely N-dealkylation sites (tertiary alicyclic amines) is 1. The van der Waals surface area contributed by atoms with Gasteiger partial charge in [-0.3, -0.25) is 9.59 Å². The van der Waals surface area contributed by atoms with Crippen LogP contribution in [0.15, 0.2) is 78.4 Å². The summed E-state index contributed by atoms with van der Waals surface area (Å²) in [6.07, 6.45) is 0. The average molecular weight is 514 g/mol. The number of amides is 1. The number of Topliss-reactive ketones (excluding diaryl/α,β-unsaturated/α-hetero) is 1. The molecule has 0 saturated carbocycles. The number of carboxylic acid groups (broad SMARTS) is 1. The molecule has 2 N–H and O–H groups in total. The van der Waals surface area contributed by atoms with Gasteiger partial charge in [-0.15, -0.1) is 0 Å². The highest BCUT2D eigenvalue weighted by atomic mass is 16.5. The molecule has 0 spiro atoms. The Hall–Kier alpha value is -4.39. The molecule has 7 heteroatoms. The molecule has 1 amide bonds. The van der Waals surface area contributed by atoms with Crippen molar-refractivity contribution in [2.75, 3.05) is 6.61 Å². The Morgan fingerprint density at radius 2 is 1.58 bits per heavy atom. The summed E-state index contributed by atoms with van der Waals surface area (Å²) in [7, 11) is 0. The maximum atomic E-state index is 13.4. The molecule has 38 heavy (non-hydrogen) atoms. The molecule has 1 atom stereocenters. The molecule has 1 heterocycles. The predicted octanol–water partition coefficient (Wildman–Crippen LogP) is 5.70. The number of ketones is 1. The second kappa shape index (κ2) is 10.5. The van der Waals surface area contributed by atoms with Crippen LogP contribution in [-0.4, -0.2) is 39.4 Å². The summed E-state index contributed by atoms with van der Waals surface area (Å²) in [5, 5.41) is 20.6. The zero-order valence-electron chi connectivity index (χ0n) is 21.9. The van der Waals surface area contributed by atoms with E-state index in [2.05, 4.69) is 20.8 Å². The first kappa shape index (κ1) is 26.7. The Balaban J connectivity index is 1.83. The highest BCUT2D eigenvalue weighted by Gasteiger charge is 2.46. The standard InChI is InChI=1S/C31H31NO6/c1-5-38-24-8-6-7-22(17-24)27(33)25-26(20-13-15-23(16-14-20)31(2,3)4)32(29(35)28(25)34)18-19-9-11-21(12-10-19)30(36)37/h6-17,26,33H,5,18H2,1-4H3,(H,36,37)/b27-25+. The minimum atomic E-state index is -1.05. The molecule has 1 saturated heterocycles. The van der Waals surface area contributed by atoms with E-state index >= 15 is 0 Å². The maximum absolute atomic E-state index is 13.4. The van der Waals surface area contributed by atoms with Gasteiger partial charge in [-0.2, -0.15) is 0 Å². The summed E-state index contributed by atoms with van der Waals surface area (Å²) in [4.78, 5) is 39.4. The van der Waals surface area contributed by atoms with Crippen LogP contribution in [0.25, 0.3) is 5.76 Å². The molecule has 0 bridgehead atoms. The van der Waals surface area contributed by atoms with Gasteiger partial charge >= 0.3 is 5.97 Å². The molecule has 1 aliphatic heterocycles. The van der Waals surface area contributed by atoms with Crippen molar-refractivity contribution >= 4 is 23.4 Å². The van der Waals surface area contributed by atoms with Gasteiger partial charge < -0.3 is 19.8 Å². The fourth-order valence-electron chi connectivity index (χ4n) is 4.56. The molecular weight excluding hydrogens is 482 g/mol. The first-order chi connectivity index (χ1) is 18.0. The smallest absolute Gasteiger partial charge is 0.335 e. The fraction of sp³-hybridized carbons (Fsp3) is 0.258. The van der Waals surface area contributed by atoms with Gasteiger partial charge in [0.05, 0.1) is 23.8 Å². The minimum Gasteiger partial charge on any atom is -0.507 e. The number of ether oxygens (including phenoxy) is 1. The number of carbonyl (C=O) groups is 3. The number of nitrogens with zero attached hydrogens (tertiary/aromatic N) is 1. The Morgan fingerprint density at radius 1 is 0.921 bits per heavy atom. The van der Waals surface area contributed by atoms with Crippen molar-refractivity contribution in [1.82, 2.24) is 4.90 Å². The monoisotopic (exact) mass is 513 g/mol. The molecule has 196 valence electrons. The lowest BCUT2D eigenvalue weighted by Gasteiger charge is -2.26. The SMILES string of the molecule is CCOc1cccc(/C(O)=C2\C(=O)C(=O)N(Cc3ccc(C(=O)O)cc3)C2c2ccc(C(C)(C)C)cc2)c1. The molecule has 1 fully saturated rings. The normalized spacial score (nSPS) is 17.1. The number of aliphatic hydroxyl groups is 1. The Kier molecular flexibility index (Phi) is 7.39. The van der Waals surface area contributed by atoms with Gasteiger partial charge in [0, 0.05) is 12.1 Å². The van der Waals surface area contributed by atoms with Crippen LogP contribution in [0.4, 0.5) is 0 Å². The number of hydrogen-bond donors (Lipinski definition) is 2. The predicted molar refractivity (Wildman–Crippen MR) is 144 cm³/mol. The van der Waals surface area contributed by atoms with Crippen LogP contribution < -0.4 is 4.74 Å². The molecule has 1 unspecified atom stereocenters. The lowest BCUT2D eigenvalue weighted by atomic mass is 9.85. The third-order valence-corrected chi connectivity index (χ3v) is 6.60. The van der Waals surface area contributed by atoms with E-state index in [1.54, 1.807) is 36.4 Å². The number of carboxylic acids is 1. The Labute approximate surface area is 222 Å². The van der Waals surface area contributed by atoms with E-state index in [0.29, 0.717) is 29.0 Å². The molecule has 7 nitrogen and oxygen atoms in total. The van der Waals surface area contributed by atoms with E-state index in [0.717, 1.165) is 5.56 Å². The van der Waals surface area contributed by atoms with E-state index < -0.39 is 23.7 Å². The van der Waals surface area contributed by atoms with E-state index in [4.69, 9.17) is 4.74 Å². The van der Waals surface area contributed by atoms with Crippen molar-refractivity contribution < 1.29 is 29.3 Å². The molecular formula is C31H31NO6. The van der Waals surface area contributed by atoms with Gasteiger partial charge in [0.1, 0.15) is 11.5 Å². The fourth-order valence-corrected chi connectivity index (χ4v) is 4.56. The molecule has 0 aliphatic carbocycles. The van der Waals surface area contributed by atoms with Crippen molar-refractivity contribution in [3.05, 3.63) is 106 Å². The second-order valence-electron chi connectivity index (χ2n) is 10.3. The van der Waals surface area contributed by atoms with E-state index in [-0.39, 0.29) is 28.9 Å². The van der Waals surface area contributed by atoms with Crippen LogP contribution in [-0.2, 0) is 21.5 Å². The number of carbonyl (C=O) groups excluding carboxylic acids is 2. The minimum absolute atomic E-state index is 0.00527. The summed E-state index contributed by atoms with van der Waals surface area (Å²) >= 11 is 0. The number of aromatic carboxylic acids is 1. The number of hydrogen-bond acceptors (Lipinski definition) is 5. The summed E-state index contributed by atoms with van der Waals surface area (Å²) in [6, 6.07) is 19.8. The summed E-state index contributed by atoms with van der Waals surface area (Å²) in [6.45, 7) is 8.64. The second-order valence-corrected chi connectivity index (χ2v) is 10.3. The third kappa shape index (κ3) is 5.32. The molecule has 4 rings (SSSR count). The van der Waals surface area contributed by atoms with Crippen LogP contribution in [0.5, 0.6) is 5.75 Å². The molecule has 3 aromatic carbocycles. The van der Waals surface area contributed by atoms with Crippen LogP contribution >= 0.6 is 0 Å². The molecule has 3 aromatic rings. The van der Waals surface area contributed by atoms with Gasteiger partial charge in [0.25, 0.3) is 11.7 Å². The first-order valence-corrected chi connectivity index (χ1v) is 12.5. The molecule has 0 aromatic heterocycles. The zero-order chi connectivity index (χ0) is 27.6. The third-order valence-electron chi connectivity index (χ3n) is 6.60. The van der Waals surface area contributed by atoms with Crippen molar-refractivity contribution in [1.29, 1.82) is 0 Å². The van der Waals surface area contributed by atoms with Crippen LogP contribution in [0.2, 0.25) is 0 Å². The topological polar surface area (TPSA) is 104 Å². The van der Waals surface area contributed by atoms with E-state index in [9.17, 15) is 24.6 Å². The van der Waals surface area contributed by atoms with Crippen molar-refractivity contribution in [3.8, 4) is 5.75 Å². The van der Waals surface area contributed by atoms with E-state index in [1.165, 1.54) is 17.0 Å². The zero-order valence-corrected chi connectivity index (χ0v) is 21.9. The quantitative estimate of drug-likeness (QED) is 0.239. The Morgan fingerprint density at radius 3 is 2.16 bits per heavy atom. The van der Waals surface area contributed by atoms with Gasteiger partial charge in [-0.25, -0.2) is 4.79 Å².